The number of hydrogen-bond acceptors (Lipinski definition) is 4. The fraction of sp³-hybridized carbons (Fsp3) is 0.381. The van der Waals surface area contributed by atoms with E-state index in [0.717, 1.165) is 33.8 Å². The first-order valence-corrected chi connectivity index (χ1v) is 10.5. The Kier molecular flexibility index (Phi) is 5.48. The molecular formula is C21H21BrF2N4O2. The van der Waals surface area contributed by atoms with E-state index in [0.29, 0.717) is 12.8 Å². The Morgan fingerprint density at radius 2 is 2.07 bits per heavy atom. The van der Waals surface area contributed by atoms with Crippen molar-refractivity contribution in [3.63, 3.8) is 0 Å². The van der Waals surface area contributed by atoms with Crippen molar-refractivity contribution in [3.05, 3.63) is 52.8 Å². The number of ether oxygens (including phenoxy) is 1. The Balaban J connectivity index is 1.70. The van der Waals surface area contributed by atoms with Gasteiger partial charge in [0.15, 0.2) is 0 Å². The molecular weight excluding hydrogens is 458 g/mol. The number of nitrogens with zero attached hydrogens (tertiary/aromatic N) is 3. The minimum atomic E-state index is -3.48. The summed E-state index contributed by atoms with van der Waals surface area (Å²) >= 11 is 3.44. The van der Waals surface area contributed by atoms with Crippen LogP contribution in [-0.4, -0.2) is 38.7 Å². The van der Waals surface area contributed by atoms with Gasteiger partial charge in [0, 0.05) is 29.0 Å². The normalized spacial score (nSPS) is 16.3. The van der Waals surface area contributed by atoms with Gasteiger partial charge in [0.1, 0.15) is 6.10 Å². The molecule has 6 nitrogen and oxygen atoms in total. The van der Waals surface area contributed by atoms with Gasteiger partial charge in [-0.1, -0.05) is 15.9 Å². The van der Waals surface area contributed by atoms with Crippen LogP contribution in [-0.2, 0) is 4.79 Å². The van der Waals surface area contributed by atoms with Gasteiger partial charge in [-0.15, -0.1) is 0 Å². The number of rotatable bonds is 7. The molecule has 2 aromatic heterocycles. The number of pyridine rings is 1. The zero-order valence-electron chi connectivity index (χ0n) is 16.5. The van der Waals surface area contributed by atoms with Gasteiger partial charge < -0.3 is 10.1 Å². The first-order chi connectivity index (χ1) is 14.2. The molecule has 158 valence electrons. The van der Waals surface area contributed by atoms with Crippen LogP contribution >= 0.6 is 15.9 Å². The molecule has 0 spiro atoms. The lowest BCUT2D eigenvalue weighted by Crippen LogP contribution is -2.46. The molecule has 2 heterocycles. The molecule has 3 aromatic rings. The number of nitrogens with one attached hydrogen (secondary N) is 1. The van der Waals surface area contributed by atoms with Crippen molar-refractivity contribution in [1.29, 1.82) is 0 Å². The van der Waals surface area contributed by atoms with E-state index in [1.54, 1.807) is 30.1 Å². The molecule has 1 fully saturated rings. The van der Waals surface area contributed by atoms with Gasteiger partial charge in [-0.05, 0) is 49.6 Å². The van der Waals surface area contributed by atoms with Crippen molar-refractivity contribution in [3.8, 4) is 5.88 Å². The molecule has 0 aliphatic heterocycles. The minimum absolute atomic E-state index is 0.220. The van der Waals surface area contributed by atoms with Gasteiger partial charge in [-0.3, -0.25) is 9.48 Å². The molecule has 0 saturated heterocycles. The van der Waals surface area contributed by atoms with E-state index in [4.69, 9.17) is 4.74 Å². The van der Waals surface area contributed by atoms with Crippen LogP contribution in [0, 0.1) is 0 Å². The van der Waals surface area contributed by atoms with Gasteiger partial charge in [0.2, 0.25) is 5.88 Å². The Morgan fingerprint density at radius 3 is 2.70 bits per heavy atom. The second-order valence-electron chi connectivity index (χ2n) is 7.63. The summed E-state index contributed by atoms with van der Waals surface area (Å²) in [6.07, 6.45) is 5.61. The quantitative estimate of drug-likeness (QED) is 0.543. The van der Waals surface area contributed by atoms with Crippen molar-refractivity contribution >= 4 is 32.7 Å². The van der Waals surface area contributed by atoms with E-state index >= 15 is 0 Å². The Morgan fingerprint density at radius 1 is 1.30 bits per heavy atom. The average Bonchev–Trinajstić information content (AvgIpc) is 3.41. The summed E-state index contributed by atoms with van der Waals surface area (Å²) in [5, 5.41) is 7.79. The summed E-state index contributed by atoms with van der Waals surface area (Å²) in [4.78, 5) is 16.3. The van der Waals surface area contributed by atoms with Crippen LogP contribution in [0.2, 0.25) is 0 Å². The molecule has 1 amide bonds. The van der Waals surface area contributed by atoms with Gasteiger partial charge in [-0.2, -0.15) is 13.9 Å². The number of aromatic nitrogens is 3. The maximum absolute atomic E-state index is 13.5. The highest BCUT2D eigenvalue weighted by Gasteiger charge is 2.35. The largest absolute Gasteiger partial charge is 0.474 e. The maximum Gasteiger partial charge on any atom is 0.321 e. The Bertz CT molecular complexity index is 1060. The molecule has 1 aliphatic carbocycles. The minimum Gasteiger partial charge on any atom is -0.474 e. The van der Waals surface area contributed by atoms with E-state index < -0.39 is 23.9 Å². The number of alkyl halides is 2. The molecule has 1 aromatic carbocycles. The van der Waals surface area contributed by atoms with E-state index in [1.807, 2.05) is 24.3 Å². The Labute approximate surface area is 180 Å². The van der Waals surface area contributed by atoms with Crippen LogP contribution in [0.15, 0.2) is 47.2 Å². The van der Waals surface area contributed by atoms with Crippen LogP contribution in [0.1, 0.15) is 38.3 Å². The molecule has 9 heteroatoms. The zero-order valence-corrected chi connectivity index (χ0v) is 18.1. The van der Waals surface area contributed by atoms with E-state index in [9.17, 15) is 13.6 Å². The highest BCUT2D eigenvalue weighted by molar-refractivity contribution is 9.10. The first-order valence-electron chi connectivity index (χ1n) is 9.66. The van der Waals surface area contributed by atoms with Gasteiger partial charge in [0.25, 0.3) is 5.91 Å². The number of carbonyl (C=O) groups is 1. The maximum atomic E-state index is 13.5. The highest BCUT2D eigenvalue weighted by atomic mass is 79.9. The monoisotopic (exact) mass is 478 g/mol. The molecule has 1 aliphatic rings. The van der Waals surface area contributed by atoms with Crippen molar-refractivity contribution in [2.75, 3.05) is 0 Å². The average molecular weight is 479 g/mol. The van der Waals surface area contributed by atoms with Crippen molar-refractivity contribution in [2.45, 2.75) is 50.8 Å². The number of carbonyl (C=O) groups excluding carboxylic acids is 1. The second-order valence-corrected chi connectivity index (χ2v) is 8.55. The predicted molar refractivity (Wildman–Crippen MR) is 112 cm³/mol. The summed E-state index contributed by atoms with van der Waals surface area (Å²) in [6.45, 7) is 2.26. The van der Waals surface area contributed by atoms with Crippen molar-refractivity contribution < 1.29 is 18.3 Å². The predicted octanol–water partition coefficient (Wildman–Crippen LogP) is 4.48. The summed E-state index contributed by atoms with van der Waals surface area (Å²) < 4.78 is 35.3. The third-order valence-corrected chi connectivity index (χ3v) is 5.46. The van der Waals surface area contributed by atoms with E-state index in [1.165, 1.54) is 0 Å². The van der Waals surface area contributed by atoms with Crippen LogP contribution < -0.4 is 10.1 Å². The summed E-state index contributed by atoms with van der Waals surface area (Å²) in [6, 6.07) is 8.06. The molecule has 2 atom stereocenters. The first kappa shape index (κ1) is 20.7. The van der Waals surface area contributed by atoms with Crippen molar-refractivity contribution in [1.82, 2.24) is 20.1 Å². The number of amides is 1. The molecule has 1 saturated carbocycles. The SMILES string of the molecule is C[C@H](NC(=O)C(C)(F)F)C(c1ccc(OC2CC2)nc1)n1ncc2cc(Br)ccc21. The molecule has 30 heavy (non-hydrogen) atoms. The molecule has 1 N–H and O–H groups in total. The third kappa shape index (κ3) is 4.45. The highest BCUT2D eigenvalue weighted by Crippen LogP contribution is 2.30. The number of halogens is 3. The standard InChI is InChI=1S/C21H21BrF2N4O2/c1-12(27-20(29)21(2,23)24)19(13-3-8-18(25-10-13)30-16-5-6-16)28-17-7-4-15(22)9-14(17)11-26-28/h3-4,7-12,16,19H,5-6H2,1-2H3,(H,27,29)/t12-,19?/m0/s1. The number of hydrogen-bond donors (Lipinski definition) is 1. The fourth-order valence-corrected chi connectivity index (χ4v) is 3.67. The van der Waals surface area contributed by atoms with Crippen LogP contribution in [0.5, 0.6) is 5.88 Å². The summed E-state index contributed by atoms with van der Waals surface area (Å²) in [5.74, 6) is -4.29. The Hall–Kier alpha value is -2.55. The lowest BCUT2D eigenvalue weighted by atomic mass is 10.0. The zero-order chi connectivity index (χ0) is 21.5. The van der Waals surface area contributed by atoms with Crippen molar-refractivity contribution in [2.24, 2.45) is 0 Å². The molecule has 1 unspecified atom stereocenters. The number of benzene rings is 1. The van der Waals surface area contributed by atoms with Gasteiger partial charge in [0.05, 0.1) is 23.8 Å². The summed E-state index contributed by atoms with van der Waals surface area (Å²) in [5.41, 5.74) is 1.53. The van der Waals surface area contributed by atoms with Gasteiger partial charge in [-0.25, -0.2) is 4.98 Å². The van der Waals surface area contributed by atoms with Gasteiger partial charge >= 0.3 is 5.92 Å². The van der Waals surface area contributed by atoms with Crippen LogP contribution in [0.25, 0.3) is 10.9 Å². The van der Waals surface area contributed by atoms with E-state index in [2.05, 4.69) is 31.3 Å². The van der Waals surface area contributed by atoms with Crippen LogP contribution in [0.3, 0.4) is 0 Å². The lowest BCUT2D eigenvalue weighted by Gasteiger charge is -2.27. The smallest absolute Gasteiger partial charge is 0.321 e. The fourth-order valence-electron chi connectivity index (χ4n) is 3.29. The third-order valence-electron chi connectivity index (χ3n) is 4.96. The lowest BCUT2D eigenvalue weighted by molar-refractivity contribution is -0.143. The summed E-state index contributed by atoms with van der Waals surface area (Å²) in [7, 11) is 0. The molecule has 0 bridgehead atoms. The van der Waals surface area contributed by atoms with Crippen LogP contribution in [0.4, 0.5) is 8.78 Å². The number of fused-ring (bicyclic) bond motifs is 1. The topological polar surface area (TPSA) is 69.0 Å². The second kappa shape index (κ2) is 7.94. The molecule has 4 rings (SSSR count). The molecule has 0 radical (unpaired) electrons. The van der Waals surface area contributed by atoms with E-state index in [-0.39, 0.29) is 6.10 Å².